The van der Waals surface area contributed by atoms with E-state index >= 15 is 0 Å². The quantitative estimate of drug-likeness (QED) is 0.875. The van der Waals surface area contributed by atoms with Gasteiger partial charge in [0.15, 0.2) is 0 Å². The van der Waals surface area contributed by atoms with Crippen molar-refractivity contribution in [2.75, 3.05) is 43.1 Å². The third-order valence-electron chi connectivity index (χ3n) is 3.94. The van der Waals surface area contributed by atoms with E-state index in [2.05, 4.69) is 10.2 Å². The molecule has 0 unspecified atom stereocenters. The molecule has 1 heterocycles. The average molecular weight is 344 g/mol. The molecular weight excluding hydrogens is 323 g/mol. The molecule has 1 saturated heterocycles. The molecule has 1 fully saturated rings. The van der Waals surface area contributed by atoms with Crippen molar-refractivity contribution >= 4 is 17.3 Å². The lowest BCUT2D eigenvalue weighted by molar-refractivity contribution is -0.116. The monoisotopic (exact) mass is 344 g/mol. The summed E-state index contributed by atoms with van der Waals surface area (Å²) in [6.07, 6.45) is 0.149. The van der Waals surface area contributed by atoms with Crippen LogP contribution in [0.2, 0.25) is 0 Å². The zero-order chi connectivity index (χ0) is 17.5. The zero-order valence-electron chi connectivity index (χ0n) is 13.9. The number of morpholine rings is 1. The highest BCUT2D eigenvalue weighted by Crippen LogP contribution is 2.23. The Morgan fingerprint density at radius 1 is 1.16 bits per heavy atom. The lowest BCUT2D eigenvalue weighted by atomic mass is 10.2. The van der Waals surface area contributed by atoms with Crippen molar-refractivity contribution in [3.05, 3.63) is 54.3 Å². The molecule has 5 nitrogen and oxygen atoms in total. The molecule has 132 valence electrons. The number of amides is 1. The van der Waals surface area contributed by atoms with Crippen LogP contribution in [0.25, 0.3) is 0 Å². The number of nitrogens with one attached hydrogen (secondary N) is 1. The van der Waals surface area contributed by atoms with Crippen LogP contribution in [0.15, 0.2) is 48.5 Å². The summed E-state index contributed by atoms with van der Waals surface area (Å²) in [6.45, 7) is 3.04. The number of para-hydroxylation sites is 1. The van der Waals surface area contributed by atoms with Gasteiger partial charge in [0.05, 0.1) is 31.9 Å². The molecule has 0 atom stereocenters. The largest absolute Gasteiger partial charge is 0.493 e. The van der Waals surface area contributed by atoms with E-state index in [1.54, 1.807) is 12.1 Å². The maximum absolute atomic E-state index is 14.0. The van der Waals surface area contributed by atoms with Gasteiger partial charge in [0.1, 0.15) is 11.6 Å². The topological polar surface area (TPSA) is 50.8 Å². The maximum Gasteiger partial charge on any atom is 0.227 e. The van der Waals surface area contributed by atoms with Crippen LogP contribution in [0.4, 0.5) is 15.8 Å². The van der Waals surface area contributed by atoms with Crippen LogP contribution in [0.3, 0.4) is 0 Å². The van der Waals surface area contributed by atoms with Gasteiger partial charge in [-0.2, -0.15) is 0 Å². The number of hydrogen-bond donors (Lipinski definition) is 1. The number of ether oxygens (including phenoxy) is 2. The molecule has 0 saturated carbocycles. The summed E-state index contributed by atoms with van der Waals surface area (Å²) in [4.78, 5) is 14.2. The molecule has 2 aromatic carbocycles. The Labute approximate surface area is 146 Å². The van der Waals surface area contributed by atoms with Gasteiger partial charge in [-0.15, -0.1) is 0 Å². The van der Waals surface area contributed by atoms with E-state index in [4.69, 9.17) is 9.47 Å². The van der Waals surface area contributed by atoms with Gasteiger partial charge in [0, 0.05) is 18.8 Å². The van der Waals surface area contributed by atoms with Crippen LogP contribution >= 0.6 is 0 Å². The minimum Gasteiger partial charge on any atom is -0.493 e. The molecule has 1 aliphatic heterocycles. The number of hydrogen-bond acceptors (Lipinski definition) is 4. The highest BCUT2D eigenvalue weighted by molar-refractivity contribution is 5.91. The second-order valence-electron chi connectivity index (χ2n) is 5.72. The molecular formula is C19H21FN2O3. The molecule has 1 amide bonds. The van der Waals surface area contributed by atoms with Gasteiger partial charge < -0.3 is 19.7 Å². The fourth-order valence-electron chi connectivity index (χ4n) is 2.62. The third-order valence-corrected chi connectivity index (χ3v) is 3.94. The zero-order valence-corrected chi connectivity index (χ0v) is 13.9. The van der Waals surface area contributed by atoms with E-state index in [-0.39, 0.29) is 24.6 Å². The van der Waals surface area contributed by atoms with E-state index < -0.39 is 5.82 Å². The number of nitrogens with zero attached hydrogens (tertiary/aromatic N) is 1. The number of anilines is 2. The Bertz CT molecular complexity index is 703. The summed E-state index contributed by atoms with van der Waals surface area (Å²) in [5, 5.41) is 2.62. The Balaban J connectivity index is 1.55. The van der Waals surface area contributed by atoms with Crippen molar-refractivity contribution in [2.24, 2.45) is 0 Å². The smallest absolute Gasteiger partial charge is 0.227 e. The highest BCUT2D eigenvalue weighted by Gasteiger charge is 2.14. The standard InChI is InChI=1S/C19H21FN2O3/c20-17-7-6-15(22-9-12-24-13-10-22)14-18(17)21-19(23)8-11-25-16-4-2-1-3-5-16/h1-7,14H,8-13H2,(H,21,23). The number of rotatable bonds is 6. The summed E-state index contributed by atoms with van der Waals surface area (Å²) in [5.74, 6) is -0.0286. The van der Waals surface area contributed by atoms with Gasteiger partial charge in [0.25, 0.3) is 0 Å². The number of benzene rings is 2. The van der Waals surface area contributed by atoms with Crippen molar-refractivity contribution < 1.29 is 18.7 Å². The second kappa shape index (κ2) is 8.48. The van der Waals surface area contributed by atoms with Crippen LogP contribution in [-0.4, -0.2) is 38.8 Å². The van der Waals surface area contributed by atoms with E-state index in [0.717, 1.165) is 18.8 Å². The lowest BCUT2D eigenvalue weighted by Gasteiger charge is -2.29. The van der Waals surface area contributed by atoms with E-state index in [1.807, 2.05) is 30.3 Å². The third kappa shape index (κ3) is 4.93. The molecule has 0 spiro atoms. The van der Waals surface area contributed by atoms with Gasteiger partial charge in [0.2, 0.25) is 5.91 Å². The first kappa shape index (κ1) is 17.2. The lowest BCUT2D eigenvalue weighted by Crippen LogP contribution is -2.36. The SMILES string of the molecule is O=C(CCOc1ccccc1)Nc1cc(N2CCOCC2)ccc1F. The van der Waals surface area contributed by atoms with Gasteiger partial charge in [-0.25, -0.2) is 4.39 Å². The van der Waals surface area contributed by atoms with Gasteiger partial charge >= 0.3 is 0 Å². The second-order valence-corrected chi connectivity index (χ2v) is 5.72. The molecule has 1 aliphatic rings. The fraction of sp³-hybridized carbons (Fsp3) is 0.316. The molecule has 25 heavy (non-hydrogen) atoms. The molecule has 3 rings (SSSR count). The predicted molar refractivity (Wildman–Crippen MR) is 94.6 cm³/mol. The summed E-state index contributed by atoms with van der Waals surface area (Å²) in [7, 11) is 0. The molecule has 0 bridgehead atoms. The molecule has 0 aliphatic carbocycles. The predicted octanol–water partition coefficient (Wildman–Crippen LogP) is 3.07. The Hall–Kier alpha value is -2.60. The number of halogens is 1. The van der Waals surface area contributed by atoms with Crippen molar-refractivity contribution in [1.82, 2.24) is 0 Å². The number of carbonyl (C=O) groups excluding carboxylic acids is 1. The molecule has 1 N–H and O–H groups in total. The normalized spacial score (nSPS) is 14.2. The Morgan fingerprint density at radius 2 is 1.92 bits per heavy atom. The summed E-state index contributed by atoms with van der Waals surface area (Å²) in [5.41, 5.74) is 1.06. The van der Waals surface area contributed by atoms with Gasteiger partial charge in [-0.1, -0.05) is 18.2 Å². The highest BCUT2D eigenvalue weighted by atomic mass is 19.1. The van der Waals surface area contributed by atoms with Crippen molar-refractivity contribution in [1.29, 1.82) is 0 Å². The van der Waals surface area contributed by atoms with Crippen LogP contribution < -0.4 is 15.0 Å². The summed E-state index contributed by atoms with van der Waals surface area (Å²) < 4.78 is 24.8. The Morgan fingerprint density at radius 3 is 2.68 bits per heavy atom. The van der Waals surface area contributed by atoms with Crippen LogP contribution in [0.1, 0.15) is 6.42 Å². The summed E-state index contributed by atoms with van der Waals surface area (Å²) >= 11 is 0. The first-order chi connectivity index (χ1) is 12.2. The molecule has 0 radical (unpaired) electrons. The van der Waals surface area contributed by atoms with Crippen LogP contribution in [-0.2, 0) is 9.53 Å². The van der Waals surface area contributed by atoms with Crippen molar-refractivity contribution in [2.45, 2.75) is 6.42 Å². The number of carbonyl (C=O) groups is 1. The van der Waals surface area contributed by atoms with E-state index in [9.17, 15) is 9.18 Å². The average Bonchev–Trinajstić information content (AvgIpc) is 2.65. The maximum atomic E-state index is 14.0. The van der Waals surface area contributed by atoms with Gasteiger partial charge in [-0.3, -0.25) is 4.79 Å². The molecule has 0 aromatic heterocycles. The first-order valence-corrected chi connectivity index (χ1v) is 8.32. The van der Waals surface area contributed by atoms with Crippen LogP contribution in [0.5, 0.6) is 5.75 Å². The van der Waals surface area contributed by atoms with Gasteiger partial charge in [-0.05, 0) is 30.3 Å². The fourth-order valence-corrected chi connectivity index (χ4v) is 2.62. The van der Waals surface area contributed by atoms with E-state index in [1.165, 1.54) is 6.07 Å². The summed E-state index contributed by atoms with van der Waals surface area (Å²) in [6, 6.07) is 14.0. The molecule has 2 aromatic rings. The van der Waals surface area contributed by atoms with Crippen molar-refractivity contribution in [3.63, 3.8) is 0 Å². The minimum atomic E-state index is -0.450. The van der Waals surface area contributed by atoms with Crippen LogP contribution in [0, 0.1) is 5.82 Å². The van der Waals surface area contributed by atoms with Crippen molar-refractivity contribution in [3.8, 4) is 5.75 Å². The molecule has 6 heteroatoms. The first-order valence-electron chi connectivity index (χ1n) is 8.32. The Kier molecular flexibility index (Phi) is 5.85. The van der Waals surface area contributed by atoms with E-state index in [0.29, 0.717) is 19.0 Å². The minimum absolute atomic E-state index is 0.149.